The van der Waals surface area contributed by atoms with Crippen molar-refractivity contribution in [2.75, 3.05) is 0 Å². The topological polar surface area (TPSA) is 69.2 Å². The van der Waals surface area contributed by atoms with Gasteiger partial charge in [-0.25, -0.2) is 0 Å². The predicted octanol–water partition coefficient (Wildman–Crippen LogP) is -2.97. The number of rotatable bonds is 0. The minimum absolute atomic E-state index is 0. The second-order valence-corrected chi connectivity index (χ2v) is 0.671. The third kappa shape index (κ3) is 36.0. The van der Waals surface area contributed by atoms with Crippen molar-refractivity contribution in [3.8, 4) is 0 Å². The zero-order valence-electron chi connectivity index (χ0n) is 3.17. The van der Waals surface area contributed by atoms with E-state index >= 15 is 0 Å². The van der Waals surface area contributed by atoms with E-state index in [0.29, 0.717) is 0 Å². The standard InChI is InChI=1S/O3P.Pb/c1-4(2)3;/q-3;+4/p+1. The summed E-state index contributed by atoms with van der Waals surface area (Å²) in [5.74, 6) is 0. The molecule has 0 aliphatic heterocycles. The van der Waals surface area contributed by atoms with E-state index in [4.69, 9.17) is 14.7 Å². The zero-order chi connectivity index (χ0) is 3.58. The maximum absolute atomic E-state index is 8.48. The van der Waals surface area contributed by atoms with E-state index in [9.17, 15) is 0 Å². The van der Waals surface area contributed by atoms with Crippen molar-refractivity contribution in [3.63, 3.8) is 0 Å². The van der Waals surface area contributed by atoms with Crippen LogP contribution in [0.3, 0.4) is 0 Å². The SMILES string of the molecule is [H+].[O-]P([O-])[O-].[Pb+4]. The van der Waals surface area contributed by atoms with Crippen LogP contribution in [-0.4, -0.2) is 27.3 Å². The maximum Gasteiger partial charge on any atom is 4.00 e. The van der Waals surface area contributed by atoms with Crippen LogP contribution in [0.15, 0.2) is 0 Å². The van der Waals surface area contributed by atoms with Crippen LogP contribution in [0.1, 0.15) is 1.43 Å². The molecule has 26 valence electrons. The molecule has 0 aromatic rings. The van der Waals surface area contributed by atoms with Crippen LogP contribution in [-0.2, 0) is 0 Å². The van der Waals surface area contributed by atoms with Gasteiger partial charge in [-0.05, 0) is 0 Å². The summed E-state index contributed by atoms with van der Waals surface area (Å²) in [6.07, 6.45) is 0. The summed E-state index contributed by atoms with van der Waals surface area (Å²) in [5.41, 5.74) is 0. The van der Waals surface area contributed by atoms with E-state index in [1.807, 2.05) is 0 Å². The summed E-state index contributed by atoms with van der Waals surface area (Å²) in [5, 5.41) is 0. The van der Waals surface area contributed by atoms with Gasteiger partial charge in [0.1, 0.15) is 0 Å². The first-order valence-electron chi connectivity index (χ1n) is 0.548. The Bertz CT molecular complexity index is 15.5. The molecule has 0 unspecified atom stereocenters. The largest absolute Gasteiger partial charge is 4.00 e. The summed E-state index contributed by atoms with van der Waals surface area (Å²) in [7, 11) is -3.37. The Morgan fingerprint density at radius 3 is 1.20 bits per heavy atom. The Labute approximate surface area is 52.3 Å². The molecule has 0 radical (unpaired) electrons. The molecule has 0 aromatic heterocycles. The minimum Gasteiger partial charge on any atom is -0.854 e. The molecule has 0 bridgehead atoms. The third-order valence-electron chi connectivity index (χ3n) is 0. The summed E-state index contributed by atoms with van der Waals surface area (Å²) >= 11 is 0. The molecular weight excluding hydrogens is 286 g/mol. The summed E-state index contributed by atoms with van der Waals surface area (Å²) in [4.78, 5) is 25.4. The van der Waals surface area contributed by atoms with Gasteiger partial charge in [-0.3, -0.25) is 0 Å². The molecule has 0 aromatic carbocycles. The maximum atomic E-state index is 8.48. The van der Waals surface area contributed by atoms with Crippen molar-refractivity contribution in [1.82, 2.24) is 0 Å². The molecule has 3 nitrogen and oxygen atoms in total. The first-order chi connectivity index (χ1) is 1.73. The van der Waals surface area contributed by atoms with Crippen molar-refractivity contribution in [1.29, 1.82) is 0 Å². The molecule has 0 amide bonds. The summed E-state index contributed by atoms with van der Waals surface area (Å²) in [6, 6.07) is 0. The molecule has 0 aliphatic rings. The minimum atomic E-state index is -3.37. The van der Waals surface area contributed by atoms with Gasteiger partial charge in [-0.1, -0.05) is 0 Å². The summed E-state index contributed by atoms with van der Waals surface area (Å²) < 4.78 is 0. The van der Waals surface area contributed by atoms with Crippen LogP contribution in [0.2, 0.25) is 0 Å². The average Bonchev–Trinajstić information content (AvgIpc) is 0.811. The third-order valence-corrected chi connectivity index (χ3v) is 0. The Morgan fingerprint density at radius 1 is 1.20 bits per heavy atom. The van der Waals surface area contributed by atoms with Crippen molar-refractivity contribution in [3.05, 3.63) is 0 Å². The van der Waals surface area contributed by atoms with Gasteiger partial charge in [0.2, 0.25) is 0 Å². The molecular formula is HO3PPb+2. The van der Waals surface area contributed by atoms with E-state index in [2.05, 4.69) is 0 Å². The molecule has 0 aliphatic carbocycles. The van der Waals surface area contributed by atoms with Crippen LogP contribution in [0, 0.1) is 0 Å². The fraction of sp³-hybridized carbons (Fsp3) is 0. The second-order valence-electron chi connectivity index (χ2n) is 0.224. The number of hydrogen-bond acceptors (Lipinski definition) is 3. The van der Waals surface area contributed by atoms with Crippen LogP contribution in [0.25, 0.3) is 0 Å². The molecule has 0 saturated carbocycles. The fourth-order valence-corrected chi connectivity index (χ4v) is 0. The van der Waals surface area contributed by atoms with E-state index < -0.39 is 8.60 Å². The summed E-state index contributed by atoms with van der Waals surface area (Å²) in [6.45, 7) is 0. The molecule has 0 fully saturated rings. The van der Waals surface area contributed by atoms with Crippen LogP contribution >= 0.6 is 8.60 Å². The van der Waals surface area contributed by atoms with Gasteiger partial charge in [-0.15, -0.1) is 0 Å². The van der Waals surface area contributed by atoms with E-state index in [-0.39, 0.29) is 28.7 Å². The van der Waals surface area contributed by atoms with Gasteiger partial charge >= 0.3 is 28.7 Å². The van der Waals surface area contributed by atoms with Crippen LogP contribution < -0.4 is 14.7 Å². The van der Waals surface area contributed by atoms with Crippen molar-refractivity contribution < 1.29 is 16.1 Å². The van der Waals surface area contributed by atoms with Gasteiger partial charge in [0.05, 0.1) is 0 Å². The first kappa shape index (κ1) is 9.53. The number of hydrogen-bond donors (Lipinski definition) is 0. The normalized spacial score (nSPS) is 7.20. The predicted molar refractivity (Wildman–Crippen MR) is 13.8 cm³/mol. The average molecular weight is 287 g/mol. The van der Waals surface area contributed by atoms with Gasteiger partial charge in [0.25, 0.3) is 0 Å². The molecule has 0 saturated heterocycles. The monoisotopic (exact) mass is 288 g/mol. The molecule has 0 atom stereocenters. The molecule has 0 heterocycles. The Kier molecular flexibility index (Phi) is 9.97. The molecule has 5 heteroatoms. The Morgan fingerprint density at radius 2 is 1.20 bits per heavy atom. The van der Waals surface area contributed by atoms with E-state index in [1.165, 1.54) is 0 Å². The zero-order valence-corrected chi connectivity index (χ0v) is 6.95. The molecule has 0 rings (SSSR count). The van der Waals surface area contributed by atoms with Gasteiger partial charge in [0.15, 0.2) is 0 Å². The van der Waals surface area contributed by atoms with Crippen molar-refractivity contribution in [2.24, 2.45) is 0 Å². The van der Waals surface area contributed by atoms with Gasteiger partial charge in [0, 0.05) is 0 Å². The van der Waals surface area contributed by atoms with E-state index in [0.717, 1.165) is 0 Å². The Hall–Kier alpha value is 1.23. The molecule has 0 N–H and O–H groups in total. The van der Waals surface area contributed by atoms with E-state index in [1.54, 1.807) is 0 Å². The Balaban J connectivity index is -0.0000000450. The molecule has 5 heavy (non-hydrogen) atoms. The van der Waals surface area contributed by atoms with Crippen LogP contribution in [0.5, 0.6) is 0 Å². The van der Waals surface area contributed by atoms with Gasteiger partial charge < -0.3 is 23.3 Å². The van der Waals surface area contributed by atoms with Crippen molar-refractivity contribution >= 4 is 35.9 Å². The quantitative estimate of drug-likeness (QED) is 0.353. The second kappa shape index (κ2) is 5.23. The fourth-order valence-electron chi connectivity index (χ4n) is 0. The first-order valence-corrected chi connectivity index (χ1v) is 1.64. The van der Waals surface area contributed by atoms with Gasteiger partial charge in [-0.2, -0.15) is 0 Å². The van der Waals surface area contributed by atoms with Crippen molar-refractivity contribution in [2.45, 2.75) is 0 Å². The smallest absolute Gasteiger partial charge is 0.854 e. The molecule has 0 spiro atoms. The van der Waals surface area contributed by atoms with Crippen LogP contribution in [0.4, 0.5) is 0 Å².